The first kappa shape index (κ1) is 13.5. The Bertz CT molecular complexity index is 171. The van der Waals surface area contributed by atoms with Crippen molar-refractivity contribution in [2.24, 2.45) is 11.3 Å². The summed E-state index contributed by atoms with van der Waals surface area (Å²) < 4.78 is 5.23. The van der Waals surface area contributed by atoms with E-state index in [1.165, 1.54) is 0 Å². The Morgan fingerprint density at radius 3 is 2.29 bits per heavy atom. The smallest absolute Gasteiger partial charge is 0.311 e. The second-order valence-corrected chi connectivity index (χ2v) is 4.72. The third-order valence-corrected chi connectivity index (χ3v) is 2.95. The van der Waals surface area contributed by atoms with Gasteiger partial charge < -0.3 is 4.74 Å². The van der Waals surface area contributed by atoms with Crippen molar-refractivity contribution in [2.45, 2.75) is 53.9 Å². The molecule has 0 aromatic rings. The van der Waals surface area contributed by atoms with Gasteiger partial charge in [-0.05, 0) is 26.2 Å². The van der Waals surface area contributed by atoms with Crippen molar-refractivity contribution < 1.29 is 9.53 Å². The standard InChI is InChI=1S/C12H24O2/c1-6-7-8-9-14-11(13)12(4,5)10(2)3/h10H,6-9H2,1-5H3. The van der Waals surface area contributed by atoms with Crippen molar-refractivity contribution in [3.05, 3.63) is 0 Å². The Balaban J connectivity index is 3.84. The van der Waals surface area contributed by atoms with Gasteiger partial charge in [-0.1, -0.05) is 33.6 Å². The van der Waals surface area contributed by atoms with Crippen LogP contribution in [0, 0.1) is 11.3 Å². The number of hydrogen-bond acceptors (Lipinski definition) is 2. The second-order valence-electron chi connectivity index (χ2n) is 4.72. The van der Waals surface area contributed by atoms with Crippen LogP contribution in [0.3, 0.4) is 0 Å². The molecule has 0 saturated heterocycles. The van der Waals surface area contributed by atoms with Crippen molar-refractivity contribution in [2.75, 3.05) is 6.61 Å². The predicted octanol–water partition coefficient (Wildman–Crippen LogP) is 3.40. The maximum atomic E-state index is 11.6. The average molecular weight is 200 g/mol. The summed E-state index contributed by atoms with van der Waals surface area (Å²) in [5, 5.41) is 0. The molecule has 84 valence electrons. The van der Waals surface area contributed by atoms with Crippen LogP contribution in [0.25, 0.3) is 0 Å². The molecule has 0 atom stereocenters. The number of esters is 1. The Kier molecular flexibility index (Phi) is 5.82. The predicted molar refractivity (Wildman–Crippen MR) is 59.1 cm³/mol. The van der Waals surface area contributed by atoms with Gasteiger partial charge in [-0.25, -0.2) is 0 Å². The summed E-state index contributed by atoms with van der Waals surface area (Å²) in [6.45, 7) is 10.7. The zero-order valence-electron chi connectivity index (χ0n) is 10.2. The third kappa shape index (κ3) is 4.12. The molecule has 2 nitrogen and oxygen atoms in total. The van der Waals surface area contributed by atoms with Gasteiger partial charge in [0.15, 0.2) is 0 Å². The van der Waals surface area contributed by atoms with E-state index in [2.05, 4.69) is 6.92 Å². The highest BCUT2D eigenvalue weighted by atomic mass is 16.5. The molecule has 2 heteroatoms. The SMILES string of the molecule is CCCCCOC(=O)C(C)(C)C(C)C. The topological polar surface area (TPSA) is 26.3 Å². The lowest BCUT2D eigenvalue weighted by atomic mass is 9.81. The summed E-state index contributed by atoms with van der Waals surface area (Å²) in [5.74, 6) is 0.254. The monoisotopic (exact) mass is 200 g/mol. The van der Waals surface area contributed by atoms with E-state index >= 15 is 0 Å². The van der Waals surface area contributed by atoms with Gasteiger partial charge in [0.2, 0.25) is 0 Å². The lowest BCUT2D eigenvalue weighted by molar-refractivity contribution is -0.156. The molecule has 0 unspecified atom stereocenters. The molecule has 0 aliphatic carbocycles. The van der Waals surface area contributed by atoms with Crippen molar-refractivity contribution in [1.82, 2.24) is 0 Å². The van der Waals surface area contributed by atoms with Crippen LogP contribution in [-0.4, -0.2) is 12.6 Å². The fourth-order valence-electron chi connectivity index (χ4n) is 0.939. The summed E-state index contributed by atoms with van der Waals surface area (Å²) in [5.41, 5.74) is -0.355. The van der Waals surface area contributed by atoms with Crippen LogP contribution in [0.4, 0.5) is 0 Å². The molecule has 0 bridgehead atoms. The first-order chi connectivity index (χ1) is 6.42. The van der Waals surface area contributed by atoms with Crippen molar-refractivity contribution in [1.29, 1.82) is 0 Å². The largest absolute Gasteiger partial charge is 0.465 e. The summed E-state index contributed by atoms with van der Waals surface area (Å²) in [7, 11) is 0. The zero-order chi connectivity index (χ0) is 11.2. The lowest BCUT2D eigenvalue weighted by Gasteiger charge is -2.26. The van der Waals surface area contributed by atoms with Crippen LogP contribution in [0.1, 0.15) is 53.9 Å². The number of hydrogen-bond donors (Lipinski definition) is 0. The van der Waals surface area contributed by atoms with Crippen LogP contribution in [0.2, 0.25) is 0 Å². The van der Waals surface area contributed by atoms with Gasteiger partial charge in [-0.3, -0.25) is 4.79 Å². The minimum absolute atomic E-state index is 0.0661. The van der Waals surface area contributed by atoms with E-state index in [9.17, 15) is 4.79 Å². The van der Waals surface area contributed by atoms with E-state index in [0.717, 1.165) is 19.3 Å². The van der Waals surface area contributed by atoms with E-state index in [-0.39, 0.29) is 11.4 Å². The molecule has 0 radical (unpaired) electrons. The van der Waals surface area contributed by atoms with Crippen LogP contribution < -0.4 is 0 Å². The summed E-state index contributed by atoms with van der Waals surface area (Å²) in [4.78, 5) is 11.6. The number of unbranched alkanes of at least 4 members (excludes halogenated alkanes) is 2. The second kappa shape index (κ2) is 6.05. The summed E-state index contributed by atoms with van der Waals surface area (Å²) >= 11 is 0. The van der Waals surface area contributed by atoms with Crippen LogP contribution in [0.5, 0.6) is 0 Å². The van der Waals surface area contributed by atoms with Crippen molar-refractivity contribution >= 4 is 5.97 Å². The normalized spacial score (nSPS) is 11.9. The van der Waals surface area contributed by atoms with Gasteiger partial charge in [0.25, 0.3) is 0 Å². The fraction of sp³-hybridized carbons (Fsp3) is 0.917. The van der Waals surface area contributed by atoms with Gasteiger partial charge in [0, 0.05) is 0 Å². The van der Waals surface area contributed by atoms with Gasteiger partial charge in [-0.15, -0.1) is 0 Å². The first-order valence-electron chi connectivity index (χ1n) is 5.60. The molecule has 0 aromatic heterocycles. The van der Waals surface area contributed by atoms with Crippen molar-refractivity contribution in [3.63, 3.8) is 0 Å². The Morgan fingerprint density at radius 1 is 1.29 bits per heavy atom. The Labute approximate surface area is 88.0 Å². The quantitative estimate of drug-likeness (QED) is 0.485. The van der Waals surface area contributed by atoms with Gasteiger partial charge in [0.05, 0.1) is 12.0 Å². The molecule has 14 heavy (non-hydrogen) atoms. The average Bonchev–Trinajstić information content (AvgIpc) is 2.11. The molecular formula is C12H24O2. The molecule has 0 aliphatic heterocycles. The van der Waals surface area contributed by atoms with Crippen molar-refractivity contribution in [3.8, 4) is 0 Å². The van der Waals surface area contributed by atoms with E-state index in [4.69, 9.17) is 4.74 Å². The minimum atomic E-state index is -0.355. The molecule has 0 spiro atoms. The summed E-state index contributed by atoms with van der Waals surface area (Å²) in [6.07, 6.45) is 3.27. The molecule has 0 N–H and O–H groups in total. The third-order valence-electron chi connectivity index (χ3n) is 2.95. The molecular weight excluding hydrogens is 176 g/mol. The number of ether oxygens (including phenoxy) is 1. The van der Waals surface area contributed by atoms with Gasteiger partial charge in [0.1, 0.15) is 0 Å². The fourth-order valence-corrected chi connectivity index (χ4v) is 0.939. The first-order valence-corrected chi connectivity index (χ1v) is 5.60. The van der Waals surface area contributed by atoms with Gasteiger partial charge >= 0.3 is 5.97 Å². The minimum Gasteiger partial charge on any atom is -0.465 e. The van der Waals surface area contributed by atoms with Crippen LogP contribution in [0.15, 0.2) is 0 Å². The van der Waals surface area contributed by atoms with E-state index in [0.29, 0.717) is 12.5 Å². The molecule has 0 aliphatic rings. The van der Waals surface area contributed by atoms with E-state index < -0.39 is 0 Å². The number of carbonyl (C=O) groups is 1. The molecule has 0 saturated carbocycles. The molecule has 0 heterocycles. The highest BCUT2D eigenvalue weighted by Gasteiger charge is 2.32. The summed E-state index contributed by atoms with van der Waals surface area (Å²) in [6, 6.07) is 0. The maximum absolute atomic E-state index is 11.6. The molecule has 0 aromatic carbocycles. The highest BCUT2D eigenvalue weighted by Crippen LogP contribution is 2.27. The van der Waals surface area contributed by atoms with Crippen LogP contribution >= 0.6 is 0 Å². The maximum Gasteiger partial charge on any atom is 0.311 e. The highest BCUT2D eigenvalue weighted by molar-refractivity contribution is 5.76. The number of rotatable bonds is 6. The van der Waals surface area contributed by atoms with E-state index in [1.54, 1.807) is 0 Å². The van der Waals surface area contributed by atoms with Gasteiger partial charge in [-0.2, -0.15) is 0 Å². The molecule has 0 amide bonds. The molecule has 0 fully saturated rings. The zero-order valence-corrected chi connectivity index (χ0v) is 10.2. The molecule has 0 rings (SSSR count). The Morgan fingerprint density at radius 2 is 1.86 bits per heavy atom. The number of carbonyl (C=O) groups excluding carboxylic acids is 1. The Hall–Kier alpha value is -0.530. The van der Waals surface area contributed by atoms with Crippen LogP contribution in [-0.2, 0) is 9.53 Å². The van der Waals surface area contributed by atoms with E-state index in [1.807, 2.05) is 27.7 Å². The lowest BCUT2D eigenvalue weighted by Crippen LogP contribution is -2.32.